The van der Waals surface area contributed by atoms with Crippen LogP contribution in [0.25, 0.3) is 10.9 Å². The predicted molar refractivity (Wildman–Crippen MR) is 116 cm³/mol. The van der Waals surface area contributed by atoms with Crippen LogP contribution in [0.2, 0.25) is 0 Å². The number of anilines is 4. The van der Waals surface area contributed by atoms with E-state index in [1.165, 1.54) is 5.56 Å². The number of nitrogens with one attached hydrogen (secondary N) is 2. The molecule has 0 fully saturated rings. The van der Waals surface area contributed by atoms with Gasteiger partial charge in [-0.05, 0) is 42.7 Å². The van der Waals surface area contributed by atoms with Crippen LogP contribution in [-0.2, 0) is 0 Å². The number of rotatable bonds is 5. The molecular weight excluding hydrogens is 346 g/mol. The summed E-state index contributed by atoms with van der Waals surface area (Å²) in [7, 11) is 0. The van der Waals surface area contributed by atoms with Gasteiger partial charge in [-0.2, -0.15) is 4.98 Å². The van der Waals surface area contributed by atoms with Crippen molar-refractivity contribution in [2.75, 3.05) is 10.6 Å². The SMILES string of the molecule is Cc1cc(Nc2ccc(C(C)C)cc2)nc(Nc2cccc3cccnc23)n1. The molecule has 2 aromatic heterocycles. The van der Waals surface area contributed by atoms with Gasteiger partial charge in [0, 0.05) is 29.0 Å². The minimum absolute atomic E-state index is 0.514. The summed E-state index contributed by atoms with van der Waals surface area (Å²) in [5, 5.41) is 7.75. The van der Waals surface area contributed by atoms with Crippen molar-refractivity contribution in [3.63, 3.8) is 0 Å². The molecule has 5 heteroatoms. The van der Waals surface area contributed by atoms with E-state index in [2.05, 4.69) is 63.7 Å². The third kappa shape index (κ3) is 3.93. The van der Waals surface area contributed by atoms with Gasteiger partial charge < -0.3 is 10.6 Å². The third-order valence-corrected chi connectivity index (χ3v) is 4.58. The van der Waals surface area contributed by atoms with Crippen molar-refractivity contribution >= 4 is 34.0 Å². The van der Waals surface area contributed by atoms with Crippen LogP contribution < -0.4 is 10.6 Å². The molecule has 28 heavy (non-hydrogen) atoms. The second-order valence-electron chi connectivity index (χ2n) is 7.13. The Morgan fingerprint density at radius 2 is 1.64 bits per heavy atom. The highest BCUT2D eigenvalue weighted by Crippen LogP contribution is 2.25. The number of para-hydroxylation sites is 1. The Morgan fingerprint density at radius 1 is 0.857 bits per heavy atom. The Balaban J connectivity index is 1.60. The van der Waals surface area contributed by atoms with Crippen LogP contribution in [0.15, 0.2) is 66.9 Å². The molecule has 2 aromatic carbocycles. The molecule has 0 atom stereocenters. The van der Waals surface area contributed by atoms with Gasteiger partial charge in [0.1, 0.15) is 5.82 Å². The molecule has 2 heterocycles. The first-order valence-electron chi connectivity index (χ1n) is 9.42. The van der Waals surface area contributed by atoms with Crippen molar-refractivity contribution < 1.29 is 0 Å². The number of nitrogens with zero attached hydrogens (tertiary/aromatic N) is 3. The highest BCUT2D eigenvalue weighted by Gasteiger charge is 2.07. The van der Waals surface area contributed by atoms with Gasteiger partial charge in [0.15, 0.2) is 0 Å². The van der Waals surface area contributed by atoms with Crippen molar-refractivity contribution in [3.05, 3.63) is 78.1 Å². The largest absolute Gasteiger partial charge is 0.340 e. The number of hydrogen-bond donors (Lipinski definition) is 2. The second kappa shape index (κ2) is 7.64. The van der Waals surface area contributed by atoms with Crippen LogP contribution in [0.5, 0.6) is 0 Å². The first kappa shape index (κ1) is 17.9. The fourth-order valence-electron chi connectivity index (χ4n) is 3.11. The van der Waals surface area contributed by atoms with Crippen LogP contribution in [-0.4, -0.2) is 15.0 Å². The van der Waals surface area contributed by atoms with Crippen molar-refractivity contribution in [1.82, 2.24) is 15.0 Å². The van der Waals surface area contributed by atoms with Gasteiger partial charge in [-0.25, -0.2) is 4.98 Å². The van der Waals surface area contributed by atoms with Crippen LogP contribution in [0.1, 0.15) is 31.0 Å². The topological polar surface area (TPSA) is 62.7 Å². The maximum Gasteiger partial charge on any atom is 0.229 e. The number of aromatic nitrogens is 3. The molecule has 5 nitrogen and oxygen atoms in total. The standard InChI is InChI=1S/C23H23N5/c1-15(2)17-9-11-19(12-10-17)26-21-14-16(3)25-23(28-21)27-20-8-4-6-18-7-5-13-24-22(18)20/h4-15H,1-3H3,(H2,25,26,27,28). The molecule has 140 valence electrons. The summed E-state index contributed by atoms with van der Waals surface area (Å²) in [5.41, 5.74) is 4.98. The van der Waals surface area contributed by atoms with E-state index in [1.54, 1.807) is 6.20 Å². The van der Waals surface area contributed by atoms with E-state index in [4.69, 9.17) is 0 Å². The molecule has 0 amide bonds. The Bertz CT molecular complexity index is 1100. The van der Waals surface area contributed by atoms with Crippen LogP contribution in [0.3, 0.4) is 0 Å². The minimum Gasteiger partial charge on any atom is -0.340 e. The van der Waals surface area contributed by atoms with Crippen molar-refractivity contribution in [1.29, 1.82) is 0 Å². The number of fused-ring (bicyclic) bond motifs is 1. The summed E-state index contributed by atoms with van der Waals surface area (Å²) < 4.78 is 0. The zero-order chi connectivity index (χ0) is 19.5. The molecule has 0 aliphatic rings. The van der Waals surface area contributed by atoms with Gasteiger partial charge in [-0.1, -0.05) is 44.2 Å². The number of pyridine rings is 1. The number of hydrogen-bond acceptors (Lipinski definition) is 5. The molecule has 0 spiro atoms. The van der Waals surface area contributed by atoms with Crippen molar-refractivity contribution in [3.8, 4) is 0 Å². The molecule has 0 saturated heterocycles. The van der Waals surface area contributed by atoms with E-state index < -0.39 is 0 Å². The van der Waals surface area contributed by atoms with Gasteiger partial charge >= 0.3 is 0 Å². The third-order valence-electron chi connectivity index (χ3n) is 4.58. The number of aryl methyl sites for hydroxylation is 1. The summed E-state index contributed by atoms with van der Waals surface area (Å²) in [5.74, 6) is 1.81. The van der Waals surface area contributed by atoms with Crippen LogP contribution in [0, 0.1) is 6.92 Å². The lowest BCUT2D eigenvalue weighted by Crippen LogP contribution is -2.03. The van der Waals surface area contributed by atoms with E-state index in [1.807, 2.05) is 43.3 Å². The van der Waals surface area contributed by atoms with Crippen molar-refractivity contribution in [2.45, 2.75) is 26.7 Å². The van der Waals surface area contributed by atoms with Crippen LogP contribution in [0.4, 0.5) is 23.1 Å². The van der Waals surface area contributed by atoms with Gasteiger partial charge in [0.2, 0.25) is 5.95 Å². The average molecular weight is 369 g/mol. The zero-order valence-corrected chi connectivity index (χ0v) is 16.3. The Morgan fingerprint density at radius 3 is 2.43 bits per heavy atom. The zero-order valence-electron chi connectivity index (χ0n) is 16.3. The number of benzene rings is 2. The monoisotopic (exact) mass is 369 g/mol. The highest BCUT2D eigenvalue weighted by molar-refractivity contribution is 5.91. The highest BCUT2D eigenvalue weighted by atomic mass is 15.1. The van der Waals surface area contributed by atoms with Crippen LogP contribution >= 0.6 is 0 Å². The Hall–Kier alpha value is -3.47. The first-order valence-corrected chi connectivity index (χ1v) is 9.42. The normalized spacial score (nSPS) is 11.0. The van der Waals surface area contributed by atoms with Crippen molar-refractivity contribution in [2.24, 2.45) is 0 Å². The van der Waals surface area contributed by atoms with Gasteiger partial charge in [0.05, 0.1) is 11.2 Å². The summed E-state index contributed by atoms with van der Waals surface area (Å²) >= 11 is 0. The molecule has 0 bridgehead atoms. The van der Waals surface area contributed by atoms with Gasteiger partial charge in [-0.3, -0.25) is 4.98 Å². The molecule has 4 rings (SSSR count). The molecule has 0 saturated carbocycles. The molecule has 0 radical (unpaired) electrons. The van der Waals surface area contributed by atoms with E-state index in [0.717, 1.165) is 33.8 Å². The lowest BCUT2D eigenvalue weighted by Gasteiger charge is -2.12. The van der Waals surface area contributed by atoms with Gasteiger partial charge in [0.25, 0.3) is 0 Å². The average Bonchev–Trinajstić information content (AvgIpc) is 2.68. The lowest BCUT2D eigenvalue weighted by atomic mass is 10.0. The predicted octanol–water partition coefficient (Wildman–Crippen LogP) is 5.94. The van der Waals surface area contributed by atoms with E-state index in [0.29, 0.717) is 11.9 Å². The maximum absolute atomic E-state index is 4.63. The molecule has 0 aliphatic heterocycles. The lowest BCUT2D eigenvalue weighted by molar-refractivity contribution is 0.867. The summed E-state index contributed by atoms with van der Waals surface area (Å²) in [6.07, 6.45) is 1.79. The summed E-state index contributed by atoms with van der Waals surface area (Å²) in [6.45, 7) is 6.34. The Kier molecular flexibility index (Phi) is 4.89. The summed E-state index contributed by atoms with van der Waals surface area (Å²) in [4.78, 5) is 13.6. The van der Waals surface area contributed by atoms with E-state index in [9.17, 15) is 0 Å². The van der Waals surface area contributed by atoms with Gasteiger partial charge in [-0.15, -0.1) is 0 Å². The minimum atomic E-state index is 0.514. The molecule has 4 aromatic rings. The Labute approximate surface area is 164 Å². The van der Waals surface area contributed by atoms with E-state index >= 15 is 0 Å². The quantitative estimate of drug-likeness (QED) is 0.455. The molecule has 2 N–H and O–H groups in total. The van der Waals surface area contributed by atoms with E-state index in [-0.39, 0.29) is 0 Å². The molecule has 0 unspecified atom stereocenters. The first-order chi connectivity index (χ1) is 13.6. The second-order valence-corrected chi connectivity index (χ2v) is 7.13. The summed E-state index contributed by atoms with van der Waals surface area (Å²) in [6, 6.07) is 20.4. The molecule has 0 aliphatic carbocycles. The maximum atomic E-state index is 4.63. The fraction of sp³-hybridized carbons (Fsp3) is 0.174. The molecular formula is C23H23N5. The fourth-order valence-corrected chi connectivity index (χ4v) is 3.11. The smallest absolute Gasteiger partial charge is 0.229 e.